The summed E-state index contributed by atoms with van der Waals surface area (Å²) in [4.78, 5) is 27.6. The lowest BCUT2D eigenvalue weighted by atomic mass is 10.0. The van der Waals surface area contributed by atoms with Crippen LogP contribution in [0.2, 0.25) is 0 Å². The first-order chi connectivity index (χ1) is 11.9. The van der Waals surface area contributed by atoms with E-state index in [9.17, 15) is 19.8 Å². The summed E-state index contributed by atoms with van der Waals surface area (Å²) in [5.74, 6) is -1.25. The van der Waals surface area contributed by atoms with Gasteiger partial charge in [-0.05, 0) is 35.7 Å². The molecule has 0 bridgehead atoms. The summed E-state index contributed by atoms with van der Waals surface area (Å²) >= 11 is 0. The van der Waals surface area contributed by atoms with Crippen molar-refractivity contribution in [2.75, 3.05) is 18.0 Å². The van der Waals surface area contributed by atoms with Crippen LogP contribution in [0.5, 0.6) is 0 Å². The maximum atomic E-state index is 12.0. The highest BCUT2D eigenvalue weighted by Crippen LogP contribution is 2.26. The molecular weight excluding hydrogens is 324 g/mol. The SMILES string of the molecule is CCc1cc(C(=O)O)c(=O)[nH]c1-c1ccc(N2CC(O)C(O)C2)cc1. The van der Waals surface area contributed by atoms with Gasteiger partial charge >= 0.3 is 5.97 Å². The summed E-state index contributed by atoms with van der Waals surface area (Å²) in [5.41, 5.74) is 2.09. The highest BCUT2D eigenvalue weighted by Gasteiger charge is 2.29. The van der Waals surface area contributed by atoms with E-state index < -0.39 is 23.7 Å². The van der Waals surface area contributed by atoms with Gasteiger partial charge in [0.2, 0.25) is 0 Å². The predicted molar refractivity (Wildman–Crippen MR) is 93.1 cm³/mol. The van der Waals surface area contributed by atoms with Gasteiger partial charge in [-0.3, -0.25) is 4.79 Å². The van der Waals surface area contributed by atoms with Crippen LogP contribution in [-0.4, -0.2) is 51.6 Å². The number of hydrogen-bond donors (Lipinski definition) is 4. The minimum absolute atomic E-state index is 0.266. The first-order valence-corrected chi connectivity index (χ1v) is 8.11. The van der Waals surface area contributed by atoms with Crippen LogP contribution in [0.4, 0.5) is 5.69 Å². The molecule has 1 aliphatic heterocycles. The van der Waals surface area contributed by atoms with Crippen LogP contribution in [-0.2, 0) is 6.42 Å². The number of rotatable bonds is 4. The molecule has 1 aromatic carbocycles. The molecule has 2 unspecified atom stereocenters. The molecule has 0 radical (unpaired) electrons. The average Bonchev–Trinajstić information content (AvgIpc) is 2.93. The second-order valence-electron chi connectivity index (χ2n) is 6.16. The first-order valence-electron chi connectivity index (χ1n) is 8.11. The number of nitrogens with zero attached hydrogens (tertiary/aromatic N) is 1. The van der Waals surface area contributed by atoms with Gasteiger partial charge in [0.05, 0.1) is 17.9 Å². The normalized spacial score (nSPS) is 20.0. The number of carboxylic acid groups (broad SMARTS) is 1. The number of hydrogen-bond acceptors (Lipinski definition) is 5. The molecule has 2 heterocycles. The van der Waals surface area contributed by atoms with Gasteiger partial charge in [0.1, 0.15) is 5.56 Å². The molecule has 132 valence electrons. The second kappa shape index (κ2) is 6.70. The summed E-state index contributed by atoms with van der Waals surface area (Å²) in [6, 6.07) is 8.78. The van der Waals surface area contributed by atoms with E-state index in [1.165, 1.54) is 6.07 Å². The van der Waals surface area contributed by atoms with E-state index in [1.54, 1.807) is 0 Å². The van der Waals surface area contributed by atoms with Crippen LogP contribution in [0.1, 0.15) is 22.8 Å². The molecule has 1 aliphatic rings. The van der Waals surface area contributed by atoms with E-state index in [0.29, 0.717) is 25.2 Å². The summed E-state index contributed by atoms with van der Waals surface area (Å²) in [6.07, 6.45) is -0.934. The number of H-pyrrole nitrogens is 1. The van der Waals surface area contributed by atoms with E-state index in [4.69, 9.17) is 5.11 Å². The van der Waals surface area contributed by atoms with Crippen molar-refractivity contribution in [2.45, 2.75) is 25.6 Å². The number of anilines is 1. The molecule has 0 saturated carbocycles. The third-order valence-corrected chi connectivity index (χ3v) is 4.51. The second-order valence-corrected chi connectivity index (χ2v) is 6.16. The molecule has 7 heteroatoms. The van der Waals surface area contributed by atoms with Crippen LogP contribution >= 0.6 is 0 Å². The Bertz CT molecular complexity index is 834. The minimum atomic E-state index is -1.25. The number of carboxylic acids is 1. The van der Waals surface area contributed by atoms with Crippen molar-refractivity contribution in [3.63, 3.8) is 0 Å². The van der Waals surface area contributed by atoms with E-state index in [0.717, 1.165) is 16.8 Å². The van der Waals surface area contributed by atoms with Gasteiger partial charge in [0, 0.05) is 18.8 Å². The van der Waals surface area contributed by atoms with Crippen molar-refractivity contribution in [1.29, 1.82) is 0 Å². The van der Waals surface area contributed by atoms with Crippen molar-refractivity contribution >= 4 is 11.7 Å². The number of nitrogens with one attached hydrogen (secondary N) is 1. The average molecular weight is 344 g/mol. The maximum Gasteiger partial charge on any atom is 0.341 e. The lowest BCUT2D eigenvalue weighted by Crippen LogP contribution is -2.22. The molecule has 0 aliphatic carbocycles. The Balaban J connectivity index is 1.94. The molecule has 4 N–H and O–H groups in total. The molecule has 1 fully saturated rings. The van der Waals surface area contributed by atoms with Crippen LogP contribution in [0, 0.1) is 0 Å². The predicted octanol–water partition coefficient (Wildman–Crippen LogP) is 0.844. The molecule has 7 nitrogen and oxygen atoms in total. The van der Waals surface area contributed by atoms with Gasteiger partial charge in [-0.2, -0.15) is 0 Å². The number of benzene rings is 1. The largest absolute Gasteiger partial charge is 0.477 e. The summed E-state index contributed by atoms with van der Waals surface area (Å²) < 4.78 is 0. The molecular formula is C18H20N2O5. The van der Waals surface area contributed by atoms with Crippen molar-refractivity contribution < 1.29 is 20.1 Å². The highest BCUT2D eigenvalue weighted by molar-refractivity contribution is 5.88. The maximum absolute atomic E-state index is 12.0. The Labute approximate surface area is 144 Å². The molecule has 0 spiro atoms. The number of β-amino-alcohol motifs (C(OH)–C–C–N with tert-alkyl or cyclic N) is 2. The quantitative estimate of drug-likeness (QED) is 0.654. The van der Waals surface area contributed by atoms with Crippen LogP contribution in [0.3, 0.4) is 0 Å². The summed E-state index contributed by atoms with van der Waals surface area (Å²) in [5, 5.41) is 28.4. The fourth-order valence-electron chi connectivity index (χ4n) is 3.09. The smallest absolute Gasteiger partial charge is 0.341 e. The number of carbonyl (C=O) groups is 1. The third-order valence-electron chi connectivity index (χ3n) is 4.51. The van der Waals surface area contributed by atoms with E-state index >= 15 is 0 Å². The Hall–Kier alpha value is -2.64. The number of aromatic carboxylic acids is 1. The van der Waals surface area contributed by atoms with Crippen LogP contribution in [0.15, 0.2) is 35.1 Å². The van der Waals surface area contributed by atoms with Gasteiger partial charge in [0.25, 0.3) is 5.56 Å². The number of aliphatic hydroxyl groups excluding tert-OH is 2. The number of aromatic amines is 1. The van der Waals surface area contributed by atoms with Gasteiger partial charge in [-0.1, -0.05) is 19.1 Å². The Morgan fingerprint density at radius 3 is 2.32 bits per heavy atom. The summed E-state index contributed by atoms with van der Waals surface area (Å²) in [6.45, 7) is 2.62. The van der Waals surface area contributed by atoms with Crippen molar-refractivity contribution in [3.05, 3.63) is 51.8 Å². The molecule has 2 atom stereocenters. The zero-order chi connectivity index (χ0) is 18.1. The standard InChI is InChI=1S/C18H20N2O5/c1-2-10-7-13(18(24)25)17(23)19-16(10)11-3-5-12(6-4-11)20-8-14(21)15(22)9-20/h3-7,14-15,21-22H,2,8-9H2,1H3,(H,19,23)(H,24,25). The van der Waals surface area contributed by atoms with E-state index in [-0.39, 0.29) is 5.56 Å². The molecule has 0 amide bonds. The Morgan fingerprint density at radius 2 is 1.80 bits per heavy atom. The zero-order valence-electron chi connectivity index (χ0n) is 13.8. The summed E-state index contributed by atoms with van der Waals surface area (Å²) in [7, 11) is 0. The number of aromatic nitrogens is 1. The fraction of sp³-hybridized carbons (Fsp3) is 0.333. The van der Waals surface area contributed by atoms with E-state index in [1.807, 2.05) is 36.1 Å². The van der Waals surface area contributed by atoms with Crippen LogP contribution < -0.4 is 10.5 Å². The molecule has 1 saturated heterocycles. The molecule has 2 aromatic rings. The number of aliphatic hydroxyl groups is 2. The highest BCUT2D eigenvalue weighted by atomic mass is 16.4. The van der Waals surface area contributed by atoms with E-state index in [2.05, 4.69) is 4.98 Å². The number of pyridine rings is 1. The number of aryl methyl sites for hydroxylation is 1. The Kier molecular flexibility index (Phi) is 4.61. The van der Waals surface area contributed by atoms with Gasteiger partial charge < -0.3 is 25.2 Å². The monoisotopic (exact) mass is 344 g/mol. The molecule has 25 heavy (non-hydrogen) atoms. The van der Waals surface area contributed by atoms with Crippen molar-refractivity contribution in [1.82, 2.24) is 4.98 Å². The van der Waals surface area contributed by atoms with Crippen molar-refractivity contribution in [2.24, 2.45) is 0 Å². The fourth-order valence-corrected chi connectivity index (χ4v) is 3.09. The van der Waals surface area contributed by atoms with Gasteiger partial charge in [-0.15, -0.1) is 0 Å². The van der Waals surface area contributed by atoms with Gasteiger partial charge in [-0.25, -0.2) is 4.79 Å². The van der Waals surface area contributed by atoms with Crippen LogP contribution in [0.25, 0.3) is 11.3 Å². The molecule has 1 aromatic heterocycles. The topological polar surface area (TPSA) is 114 Å². The zero-order valence-corrected chi connectivity index (χ0v) is 13.8. The lowest BCUT2D eigenvalue weighted by Gasteiger charge is -2.18. The minimum Gasteiger partial charge on any atom is -0.477 e. The van der Waals surface area contributed by atoms with Gasteiger partial charge in [0.15, 0.2) is 0 Å². The third kappa shape index (κ3) is 3.29. The Morgan fingerprint density at radius 1 is 1.20 bits per heavy atom. The first kappa shape index (κ1) is 17.2. The van der Waals surface area contributed by atoms with Crippen molar-refractivity contribution in [3.8, 4) is 11.3 Å². The lowest BCUT2D eigenvalue weighted by molar-refractivity contribution is 0.0572. The molecule has 3 rings (SSSR count).